The van der Waals surface area contributed by atoms with Gasteiger partial charge in [0.15, 0.2) is 0 Å². The van der Waals surface area contributed by atoms with Crippen molar-refractivity contribution in [2.45, 2.75) is 18.9 Å². The van der Waals surface area contributed by atoms with Crippen LogP contribution in [0.4, 0.5) is 0 Å². The van der Waals surface area contributed by atoms with Gasteiger partial charge in [0.05, 0.1) is 12.0 Å². The minimum absolute atomic E-state index is 0.0297. The van der Waals surface area contributed by atoms with Crippen molar-refractivity contribution in [3.8, 4) is 0 Å². The van der Waals surface area contributed by atoms with Crippen LogP contribution in [0.15, 0.2) is 0 Å². The van der Waals surface area contributed by atoms with Gasteiger partial charge in [-0.15, -0.1) is 0 Å². The Kier molecular flexibility index (Phi) is 2.87. The van der Waals surface area contributed by atoms with E-state index in [1.807, 2.05) is 0 Å². The van der Waals surface area contributed by atoms with Gasteiger partial charge in [0, 0.05) is 19.0 Å². The molecule has 5 heteroatoms. The minimum atomic E-state index is -0.885. The summed E-state index contributed by atoms with van der Waals surface area (Å²) < 4.78 is 0. The fourth-order valence-electron chi connectivity index (χ4n) is 1.50. The number of aliphatic carboxylic acids is 1. The molecule has 13 heavy (non-hydrogen) atoms. The maximum Gasteiger partial charge on any atom is 0.305 e. The lowest BCUT2D eigenvalue weighted by Gasteiger charge is -2.42. The molecule has 5 nitrogen and oxygen atoms in total. The Morgan fingerprint density at radius 3 is 2.69 bits per heavy atom. The van der Waals surface area contributed by atoms with Crippen LogP contribution in [-0.2, 0) is 9.59 Å². The standard InChI is InChI=1S/C8H14N2O3/c1-8(10-5-11,2-7(12)13)6-3-9-4-6/h5-6,9H,2-4H2,1H3,(H,10,11)(H,12,13). The van der Waals surface area contributed by atoms with Crippen LogP contribution in [0.5, 0.6) is 0 Å². The molecule has 1 aliphatic heterocycles. The molecule has 74 valence electrons. The van der Waals surface area contributed by atoms with Crippen LogP contribution in [0.1, 0.15) is 13.3 Å². The maximum absolute atomic E-state index is 10.6. The smallest absolute Gasteiger partial charge is 0.305 e. The fraction of sp³-hybridized carbons (Fsp3) is 0.750. The fourth-order valence-corrected chi connectivity index (χ4v) is 1.50. The Balaban J connectivity index is 2.60. The van der Waals surface area contributed by atoms with Gasteiger partial charge in [-0.1, -0.05) is 0 Å². The van der Waals surface area contributed by atoms with E-state index < -0.39 is 11.5 Å². The molecule has 1 amide bonds. The molecular weight excluding hydrogens is 172 g/mol. The van der Waals surface area contributed by atoms with E-state index in [9.17, 15) is 9.59 Å². The number of carboxylic acid groups (broad SMARTS) is 1. The monoisotopic (exact) mass is 186 g/mol. The summed E-state index contributed by atoms with van der Waals surface area (Å²) in [6.45, 7) is 3.30. The van der Waals surface area contributed by atoms with E-state index >= 15 is 0 Å². The average Bonchev–Trinajstić information content (AvgIpc) is 1.78. The van der Waals surface area contributed by atoms with Gasteiger partial charge in [-0.05, 0) is 6.92 Å². The van der Waals surface area contributed by atoms with Crippen molar-refractivity contribution in [3.63, 3.8) is 0 Å². The number of hydrogen-bond donors (Lipinski definition) is 3. The highest BCUT2D eigenvalue weighted by Gasteiger charge is 2.39. The van der Waals surface area contributed by atoms with Crippen molar-refractivity contribution >= 4 is 12.4 Å². The number of nitrogens with one attached hydrogen (secondary N) is 2. The molecule has 1 heterocycles. The number of hydrogen-bond acceptors (Lipinski definition) is 3. The molecule has 0 aromatic heterocycles. The van der Waals surface area contributed by atoms with Gasteiger partial charge in [-0.3, -0.25) is 9.59 Å². The predicted octanol–water partition coefficient (Wildman–Crippen LogP) is -0.815. The molecule has 1 fully saturated rings. The Morgan fingerprint density at radius 1 is 1.77 bits per heavy atom. The van der Waals surface area contributed by atoms with E-state index in [0.29, 0.717) is 6.41 Å². The second-order valence-corrected chi connectivity index (χ2v) is 3.61. The predicted molar refractivity (Wildman–Crippen MR) is 46.2 cm³/mol. The molecule has 1 unspecified atom stereocenters. The van der Waals surface area contributed by atoms with Crippen molar-refractivity contribution in [2.24, 2.45) is 5.92 Å². The zero-order valence-electron chi connectivity index (χ0n) is 7.54. The lowest BCUT2D eigenvalue weighted by Crippen LogP contribution is -2.61. The molecule has 0 aliphatic carbocycles. The molecule has 1 saturated heterocycles. The highest BCUT2D eigenvalue weighted by atomic mass is 16.4. The number of carbonyl (C=O) groups is 2. The zero-order chi connectivity index (χ0) is 9.90. The van der Waals surface area contributed by atoms with Gasteiger partial charge in [-0.2, -0.15) is 0 Å². The van der Waals surface area contributed by atoms with E-state index in [2.05, 4.69) is 10.6 Å². The third-order valence-corrected chi connectivity index (χ3v) is 2.59. The molecule has 0 aromatic rings. The number of amides is 1. The van der Waals surface area contributed by atoms with Crippen molar-refractivity contribution in [3.05, 3.63) is 0 Å². The maximum atomic E-state index is 10.6. The summed E-state index contributed by atoms with van der Waals surface area (Å²) in [6.07, 6.45) is 0.541. The van der Waals surface area contributed by atoms with E-state index in [0.717, 1.165) is 13.1 Å². The summed E-state index contributed by atoms with van der Waals surface area (Å²) in [7, 11) is 0. The van der Waals surface area contributed by atoms with Crippen LogP contribution in [0.2, 0.25) is 0 Å². The molecule has 0 radical (unpaired) electrons. The molecule has 0 saturated carbocycles. The second-order valence-electron chi connectivity index (χ2n) is 3.61. The van der Waals surface area contributed by atoms with E-state index in [-0.39, 0.29) is 12.3 Å². The van der Waals surface area contributed by atoms with Crippen LogP contribution in [0, 0.1) is 5.92 Å². The summed E-state index contributed by atoms with van der Waals surface area (Å²) in [6, 6.07) is 0. The van der Waals surface area contributed by atoms with Crippen molar-refractivity contribution in [2.75, 3.05) is 13.1 Å². The normalized spacial score (nSPS) is 21.3. The van der Waals surface area contributed by atoms with Crippen LogP contribution < -0.4 is 10.6 Å². The Morgan fingerprint density at radius 2 is 2.38 bits per heavy atom. The van der Waals surface area contributed by atoms with Gasteiger partial charge in [0.25, 0.3) is 0 Å². The SMILES string of the molecule is CC(CC(=O)O)(NC=O)C1CNC1. The molecule has 0 spiro atoms. The molecule has 0 aromatic carbocycles. The van der Waals surface area contributed by atoms with E-state index in [4.69, 9.17) is 5.11 Å². The highest BCUT2D eigenvalue weighted by Crippen LogP contribution is 2.24. The lowest BCUT2D eigenvalue weighted by molar-refractivity contribution is -0.139. The van der Waals surface area contributed by atoms with Gasteiger partial charge in [0.1, 0.15) is 0 Å². The summed E-state index contributed by atoms with van der Waals surface area (Å²) >= 11 is 0. The van der Waals surface area contributed by atoms with Crippen LogP contribution in [0.25, 0.3) is 0 Å². The summed E-state index contributed by atoms with van der Waals surface area (Å²) in [5.74, 6) is -0.669. The zero-order valence-corrected chi connectivity index (χ0v) is 7.54. The van der Waals surface area contributed by atoms with Gasteiger partial charge >= 0.3 is 5.97 Å². The summed E-state index contributed by atoms with van der Waals surface area (Å²) in [5.41, 5.74) is -0.612. The molecule has 3 N–H and O–H groups in total. The lowest BCUT2D eigenvalue weighted by atomic mass is 9.79. The van der Waals surface area contributed by atoms with Gasteiger partial charge in [0.2, 0.25) is 6.41 Å². The van der Waals surface area contributed by atoms with Crippen LogP contribution in [0.3, 0.4) is 0 Å². The van der Waals surface area contributed by atoms with Gasteiger partial charge < -0.3 is 15.7 Å². The van der Waals surface area contributed by atoms with E-state index in [1.165, 1.54) is 0 Å². The van der Waals surface area contributed by atoms with Crippen molar-refractivity contribution < 1.29 is 14.7 Å². The summed E-state index contributed by atoms with van der Waals surface area (Å²) in [4.78, 5) is 20.9. The van der Waals surface area contributed by atoms with E-state index in [1.54, 1.807) is 6.92 Å². The first-order valence-electron chi connectivity index (χ1n) is 4.22. The second kappa shape index (κ2) is 3.74. The first-order chi connectivity index (χ1) is 6.08. The number of carbonyl (C=O) groups excluding carboxylic acids is 1. The number of carboxylic acids is 1. The average molecular weight is 186 g/mol. The minimum Gasteiger partial charge on any atom is -0.481 e. The molecule has 1 atom stereocenters. The molecule has 1 rings (SSSR count). The largest absolute Gasteiger partial charge is 0.481 e. The highest BCUT2D eigenvalue weighted by molar-refractivity contribution is 5.69. The molecule has 0 bridgehead atoms. The quantitative estimate of drug-likeness (QED) is 0.490. The van der Waals surface area contributed by atoms with Crippen LogP contribution in [-0.4, -0.2) is 36.1 Å². The Bertz CT molecular complexity index is 215. The molecular formula is C8H14N2O3. The van der Waals surface area contributed by atoms with Crippen molar-refractivity contribution in [1.82, 2.24) is 10.6 Å². The first kappa shape index (κ1) is 9.98. The Hall–Kier alpha value is -1.10. The van der Waals surface area contributed by atoms with Crippen molar-refractivity contribution in [1.29, 1.82) is 0 Å². The van der Waals surface area contributed by atoms with Gasteiger partial charge in [-0.25, -0.2) is 0 Å². The first-order valence-corrected chi connectivity index (χ1v) is 4.22. The number of rotatable bonds is 5. The third kappa shape index (κ3) is 2.18. The Labute approximate surface area is 76.5 Å². The summed E-state index contributed by atoms with van der Waals surface area (Å²) in [5, 5.41) is 14.3. The molecule has 1 aliphatic rings. The van der Waals surface area contributed by atoms with Crippen LogP contribution >= 0.6 is 0 Å². The third-order valence-electron chi connectivity index (χ3n) is 2.59. The topological polar surface area (TPSA) is 78.4 Å².